The molecule has 0 aliphatic carbocycles. The lowest BCUT2D eigenvalue weighted by Gasteiger charge is -2.42. The van der Waals surface area contributed by atoms with E-state index in [0.717, 1.165) is 30.4 Å². The zero-order valence-electron chi connectivity index (χ0n) is 18.7. The topological polar surface area (TPSA) is 75.7 Å². The van der Waals surface area contributed by atoms with Crippen LogP contribution in [-0.2, 0) is 14.8 Å². The molecule has 31 heavy (non-hydrogen) atoms. The van der Waals surface area contributed by atoms with Crippen molar-refractivity contribution in [2.24, 2.45) is 0 Å². The highest BCUT2D eigenvalue weighted by atomic mass is 32.2. The SMILES string of the molecule is CCC(C(=O)NC1CC(CC)(CC)Oc2ccccc21)N(c1ccccc1)S(C)(=O)=O. The van der Waals surface area contributed by atoms with Gasteiger partial charge in [-0.3, -0.25) is 9.10 Å². The maximum atomic E-state index is 13.4. The van der Waals surface area contributed by atoms with Gasteiger partial charge in [0, 0.05) is 12.0 Å². The van der Waals surface area contributed by atoms with Gasteiger partial charge in [-0.05, 0) is 37.5 Å². The van der Waals surface area contributed by atoms with Crippen LogP contribution in [0.4, 0.5) is 5.69 Å². The molecule has 1 amide bonds. The van der Waals surface area contributed by atoms with Crippen molar-refractivity contribution >= 4 is 21.6 Å². The van der Waals surface area contributed by atoms with E-state index in [1.54, 1.807) is 24.3 Å². The van der Waals surface area contributed by atoms with Crippen LogP contribution in [0.5, 0.6) is 5.75 Å². The molecule has 1 N–H and O–H groups in total. The third-order valence-corrected chi connectivity index (χ3v) is 7.32. The monoisotopic (exact) mass is 444 g/mol. The lowest BCUT2D eigenvalue weighted by Crippen LogP contribution is -2.52. The smallest absolute Gasteiger partial charge is 0.244 e. The Morgan fingerprint density at radius 2 is 1.71 bits per heavy atom. The Labute approximate surface area is 185 Å². The largest absolute Gasteiger partial charge is 0.487 e. The van der Waals surface area contributed by atoms with Gasteiger partial charge in [-0.2, -0.15) is 0 Å². The van der Waals surface area contributed by atoms with Gasteiger partial charge in [0.2, 0.25) is 15.9 Å². The molecule has 168 valence electrons. The minimum atomic E-state index is -3.66. The first-order chi connectivity index (χ1) is 14.7. The van der Waals surface area contributed by atoms with Crippen molar-refractivity contribution in [1.29, 1.82) is 0 Å². The maximum absolute atomic E-state index is 13.4. The second-order valence-electron chi connectivity index (χ2n) is 8.11. The minimum absolute atomic E-state index is 0.247. The number of carbonyl (C=O) groups is 1. The Balaban J connectivity index is 1.94. The molecule has 0 saturated carbocycles. The predicted molar refractivity (Wildman–Crippen MR) is 124 cm³/mol. The van der Waals surface area contributed by atoms with Crippen LogP contribution in [0.25, 0.3) is 0 Å². The zero-order valence-corrected chi connectivity index (χ0v) is 19.5. The van der Waals surface area contributed by atoms with E-state index in [9.17, 15) is 13.2 Å². The summed E-state index contributed by atoms with van der Waals surface area (Å²) in [6.45, 7) is 6.00. The van der Waals surface area contributed by atoms with E-state index in [2.05, 4.69) is 19.2 Å². The average molecular weight is 445 g/mol. The molecular weight excluding hydrogens is 412 g/mol. The van der Waals surface area contributed by atoms with Gasteiger partial charge in [0.05, 0.1) is 18.0 Å². The van der Waals surface area contributed by atoms with Gasteiger partial charge < -0.3 is 10.1 Å². The fourth-order valence-electron chi connectivity index (χ4n) is 4.33. The lowest BCUT2D eigenvalue weighted by atomic mass is 9.83. The van der Waals surface area contributed by atoms with E-state index in [1.165, 1.54) is 4.31 Å². The van der Waals surface area contributed by atoms with Gasteiger partial charge in [-0.15, -0.1) is 0 Å². The van der Waals surface area contributed by atoms with Crippen LogP contribution in [0.3, 0.4) is 0 Å². The van der Waals surface area contributed by atoms with E-state index in [0.29, 0.717) is 18.5 Å². The number of nitrogens with one attached hydrogen (secondary N) is 1. The molecule has 0 spiro atoms. The number of benzene rings is 2. The molecule has 2 aromatic rings. The fourth-order valence-corrected chi connectivity index (χ4v) is 5.54. The second kappa shape index (κ2) is 9.30. The molecule has 2 aromatic carbocycles. The normalized spacial score (nSPS) is 18.4. The summed E-state index contributed by atoms with van der Waals surface area (Å²) in [6.07, 6.45) is 3.77. The molecule has 2 unspecified atom stereocenters. The summed E-state index contributed by atoms with van der Waals surface area (Å²) in [6, 6.07) is 15.4. The van der Waals surface area contributed by atoms with Crippen molar-refractivity contribution in [1.82, 2.24) is 5.32 Å². The molecular formula is C24H32N2O4S. The number of hydrogen-bond acceptors (Lipinski definition) is 4. The van der Waals surface area contributed by atoms with Crippen LogP contribution in [0.2, 0.25) is 0 Å². The van der Waals surface area contributed by atoms with E-state index in [-0.39, 0.29) is 17.6 Å². The number of carbonyl (C=O) groups excluding carboxylic acids is 1. The third-order valence-electron chi connectivity index (χ3n) is 6.14. The van der Waals surface area contributed by atoms with E-state index in [1.807, 2.05) is 37.3 Å². The highest BCUT2D eigenvalue weighted by Crippen LogP contribution is 2.42. The van der Waals surface area contributed by atoms with Crippen LogP contribution in [-0.4, -0.2) is 32.2 Å². The predicted octanol–water partition coefficient (Wildman–Crippen LogP) is 4.43. The molecule has 3 rings (SSSR count). The van der Waals surface area contributed by atoms with Crippen LogP contribution >= 0.6 is 0 Å². The molecule has 7 heteroatoms. The molecule has 6 nitrogen and oxygen atoms in total. The Bertz CT molecular complexity index is 1000. The summed E-state index contributed by atoms with van der Waals surface area (Å²) < 4.78 is 32.9. The van der Waals surface area contributed by atoms with Crippen molar-refractivity contribution in [3.63, 3.8) is 0 Å². The highest BCUT2D eigenvalue weighted by molar-refractivity contribution is 7.92. The van der Waals surface area contributed by atoms with Crippen molar-refractivity contribution in [2.45, 2.75) is 64.1 Å². The molecule has 1 aliphatic heterocycles. The number of sulfonamides is 1. The van der Waals surface area contributed by atoms with Gasteiger partial charge >= 0.3 is 0 Å². The van der Waals surface area contributed by atoms with E-state index < -0.39 is 16.1 Å². The fraction of sp³-hybridized carbons (Fsp3) is 0.458. The maximum Gasteiger partial charge on any atom is 0.244 e. The number of hydrogen-bond donors (Lipinski definition) is 1. The van der Waals surface area contributed by atoms with Crippen LogP contribution in [0.1, 0.15) is 58.1 Å². The summed E-state index contributed by atoms with van der Waals surface area (Å²) in [7, 11) is -3.66. The Kier molecular flexibility index (Phi) is 6.94. The standard InChI is InChI=1S/C24H32N2O4S/c1-5-21(26(31(4,28)29)18-13-9-8-10-14-18)23(27)25-20-17-24(6-2,7-3)30-22-16-12-11-15-19(20)22/h8-16,20-21H,5-7,17H2,1-4H3,(H,25,27). The van der Waals surface area contributed by atoms with E-state index >= 15 is 0 Å². The number of ether oxygens (including phenoxy) is 1. The number of anilines is 1. The molecule has 0 aromatic heterocycles. The number of para-hydroxylation sites is 2. The number of fused-ring (bicyclic) bond motifs is 1. The van der Waals surface area contributed by atoms with Crippen molar-refractivity contribution in [3.8, 4) is 5.75 Å². The quantitative estimate of drug-likeness (QED) is 0.654. The Morgan fingerprint density at radius 1 is 1.10 bits per heavy atom. The summed E-state index contributed by atoms with van der Waals surface area (Å²) in [5.41, 5.74) is 1.05. The lowest BCUT2D eigenvalue weighted by molar-refractivity contribution is -0.123. The first kappa shape index (κ1) is 23.1. The first-order valence-corrected chi connectivity index (χ1v) is 12.7. The molecule has 0 radical (unpaired) electrons. The number of nitrogens with zero attached hydrogens (tertiary/aromatic N) is 1. The van der Waals surface area contributed by atoms with Gasteiger partial charge in [0.1, 0.15) is 17.4 Å². The van der Waals surface area contributed by atoms with Crippen molar-refractivity contribution in [2.75, 3.05) is 10.6 Å². The molecule has 0 bridgehead atoms. The summed E-state index contributed by atoms with van der Waals surface area (Å²) in [5, 5.41) is 3.15. The zero-order chi connectivity index (χ0) is 22.6. The second-order valence-corrected chi connectivity index (χ2v) is 9.97. The average Bonchev–Trinajstić information content (AvgIpc) is 2.76. The number of amides is 1. The van der Waals surface area contributed by atoms with Gasteiger partial charge in [-0.1, -0.05) is 57.2 Å². The third kappa shape index (κ3) is 4.87. The minimum Gasteiger partial charge on any atom is -0.487 e. The van der Waals surface area contributed by atoms with E-state index in [4.69, 9.17) is 4.74 Å². The first-order valence-electron chi connectivity index (χ1n) is 10.9. The Morgan fingerprint density at radius 3 is 2.29 bits per heavy atom. The number of rotatable bonds is 8. The molecule has 0 saturated heterocycles. The molecule has 0 fully saturated rings. The molecule has 1 aliphatic rings. The van der Waals surface area contributed by atoms with Gasteiger partial charge in [0.25, 0.3) is 0 Å². The van der Waals surface area contributed by atoms with Crippen LogP contribution in [0.15, 0.2) is 54.6 Å². The Hall–Kier alpha value is -2.54. The highest BCUT2D eigenvalue weighted by Gasteiger charge is 2.40. The van der Waals surface area contributed by atoms with Crippen molar-refractivity contribution in [3.05, 3.63) is 60.2 Å². The van der Waals surface area contributed by atoms with Crippen molar-refractivity contribution < 1.29 is 17.9 Å². The summed E-state index contributed by atoms with van der Waals surface area (Å²) in [4.78, 5) is 13.4. The van der Waals surface area contributed by atoms with Gasteiger partial charge in [-0.25, -0.2) is 8.42 Å². The summed E-state index contributed by atoms with van der Waals surface area (Å²) in [5.74, 6) is 0.471. The molecule has 1 heterocycles. The molecule has 2 atom stereocenters. The van der Waals surface area contributed by atoms with Crippen LogP contribution < -0.4 is 14.4 Å². The summed E-state index contributed by atoms with van der Waals surface area (Å²) >= 11 is 0. The van der Waals surface area contributed by atoms with Gasteiger partial charge in [0.15, 0.2) is 0 Å². The van der Waals surface area contributed by atoms with Crippen LogP contribution in [0, 0.1) is 0 Å².